The molecule has 3 N–H and O–H groups in total. The van der Waals surface area contributed by atoms with Crippen molar-refractivity contribution in [2.75, 3.05) is 13.2 Å². The number of carbonyl (C=O) groups is 3. The van der Waals surface area contributed by atoms with E-state index in [-0.39, 0.29) is 49.3 Å². The van der Waals surface area contributed by atoms with Crippen LogP contribution in [0.15, 0.2) is 55.6 Å². The number of benzene rings is 1. The fraction of sp³-hybridized carbons (Fsp3) is 0.567. The third-order valence-corrected chi connectivity index (χ3v) is 7.17. The average Bonchev–Trinajstić information content (AvgIpc) is 3.34. The standard InChI is InChI=1S/C30H44N2O5/c1-5-12-24(19-27(34)32-30(21-33)16-10-11-17-30)28(35)31-26(22(3)4)20-37-29(36)25(13-6-2)18-23-14-8-7-9-15-23/h5-9,14-15,22,24-26,33H,1-2,10-13,16-21H2,3-4H3,(H,31,35)(H,32,34)/t24-,25+,26+/m0/s1. The molecule has 0 saturated heterocycles. The molecule has 7 nitrogen and oxygen atoms in total. The molecule has 1 aromatic rings. The number of rotatable bonds is 16. The van der Waals surface area contributed by atoms with E-state index >= 15 is 0 Å². The molecule has 1 aliphatic rings. The average molecular weight is 513 g/mol. The zero-order valence-electron chi connectivity index (χ0n) is 22.4. The molecular formula is C30H44N2O5. The molecule has 204 valence electrons. The Hall–Kier alpha value is -2.93. The maximum Gasteiger partial charge on any atom is 0.309 e. The zero-order valence-corrected chi connectivity index (χ0v) is 22.4. The number of amides is 2. The summed E-state index contributed by atoms with van der Waals surface area (Å²) >= 11 is 0. The van der Waals surface area contributed by atoms with Gasteiger partial charge in [0.1, 0.15) is 6.61 Å². The largest absolute Gasteiger partial charge is 0.463 e. The molecule has 0 aromatic heterocycles. The predicted octanol–water partition coefficient (Wildman–Crippen LogP) is 4.11. The monoisotopic (exact) mass is 512 g/mol. The summed E-state index contributed by atoms with van der Waals surface area (Å²) in [5, 5.41) is 15.7. The molecule has 0 aliphatic heterocycles. The quantitative estimate of drug-likeness (QED) is 0.228. The van der Waals surface area contributed by atoms with Gasteiger partial charge in [0.15, 0.2) is 0 Å². The number of allylic oxidation sites excluding steroid dienone is 2. The van der Waals surface area contributed by atoms with Gasteiger partial charge in [-0.05, 0) is 43.6 Å². The molecule has 1 aromatic carbocycles. The van der Waals surface area contributed by atoms with Crippen molar-refractivity contribution in [1.29, 1.82) is 0 Å². The first-order chi connectivity index (χ1) is 17.7. The molecule has 3 atom stereocenters. The minimum Gasteiger partial charge on any atom is -0.463 e. The van der Waals surface area contributed by atoms with Gasteiger partial charge in [0.2, 0.25) is 11.8 Å². The van der Waals surface area contributed by atoms with Crippen molar-refractivity contribution in [1.82, 2.24) is 10.6 Å². The van der Waals surface area contributed by atoms with E-state index in [1.165, 1.54) is 0 Å². The van der Waals surface area contributed by atoms with E-state index in [1.54, 1.807) is 12.2 Å². The fourth-order valence-electron chi connectivity index (χ4n) is 4.78. The van der Waals surface area contributed by atoms with Crippen molar-refractivity contribution >= 4 is 17.8 Å². The first kappa shape index (κ1) is 30.3. The van der Waals surface area contributed by atoms with Crippen LogP contribution in [-0.2, 0) is 25.5 Å². The number of carbonyl (C=O) groups excluding carboxylic acids is 3. The van der Waals surface area contributed by atoms with Crippen molar-refractivity contribution < 1.29 is 24.2 Å². The van der Waals surface area contributed by atoms with Gasteiger partial charge in [0.05, 0.1) is 30.0 Å². The lowest BCUT2D eigenvalue weighted by atomic mass is 9.95. The van der Waals surface area contributed by atoms with E-state index < -0.39 is 17.5 Å². The number of nitrogens with one attached hydrogen (secondary N) is 2. The van der Waals surface area contributed by atoms with Crippen molar-refractivity contribution in [2.24, 2.45) is 17.8 Å². The molecule has 1 aliphatic carbocycles. The Morgan fingerprint density at radius 1 is 1.05 bits per heavy atom. The summed E-state index contributed by atoms with van der Waals surface area (Å²) in [7, 11) is 0. The molecule has 0 heterocycles. The predicted molar refractivity (Wildman–Crippen MR) is 146 cm³/mol. The van der Waals surface area contributed by atoms with Crippen LogP contribution >= 0.6 is 0 Å². The van der Waals surface area contributed by atoms with Gasteiger partial charge in [-0.15, -0.1) is 13.2 Å². The van der Waals surface area contributed by atoms with Crippen LogP contribution in [-0.4, -0.2) is 47.7 Å². The highest BCUT2D eigenvalue weighted by Gasteiger charge is 2.35. The summed E-state index contributed by atoms with van der Waals surface area (Å²) in [6, 6.07) is 9.37. The highest BCUT2D eigenvalue weighted by atomic mass is 16.5. The summed E-state index contributed by atoms with van der Waals surface area (Å²) in [6.45, 7) is 11.4. The minimum atomic E-state index is -0.599. The molecule has 2 rings (SSSR count). The number of aliphatic hydroxyl groups excluding tert-OH is 1. The molecule has 2 amide bonds. The number of esters is 1. The molecule has 0 bridgehead atoms. The summed E-state index contributed by atoms with van der Waals surface area (Å²) in [6.07, 6.45) is 8.15. The first-order valence-corrected chi connectivity index (χ1v) is 13.4. The maximum atomic E-state index is 13.2. The lowest BCUT2D eigenvalue weighted by Crippen LogP contribution is -2.51. The first-order valence-electron chi connectivity index (χ1n) is 13.4. The van der Waals surface area contributed by atoms with Crippen molar-refractivity contribution in [3.63, 3.8) is 0 Å². The summed E-state index contributed by atoms with van der Waals surface area (Å²) in [5.74, 6) is -1.79. The van der Waals surface area contributed by atoms with Crippen LogP contribution < -0.4 is 10.6 Å². The van der Waals surface area contributed by atoms with Gasteiger partial charge in [0, 0.05) is 6.42 Å². The van der Waals surface area contributed by atoms with Crippen LogP contribution in [0.2, 0.25) is 0 Å². The van der Waals surface area contributed by atoms with Gasteiger partial charge in [-0.2, -0.15) is 0 Å². The summed E-state index contributed by atoms with van der Waals surface area (Å²) < 4.78 is 5.66. The van der Waals surface area contributed by atoms with Gasteiger partial charge in [-0.3, -0.25) is 14.4 Å². The van der Waals surface area contributed by atoms with E-state index in [2.05, 4.69) is 23.8 Å². The van der Waals surface area contributed by atoms with E-state index in [0.717, 1.165) is 31.2 Å². The highest BCUT2D eigenvalue weighted by Crippen LogP contribution is 2.29. The Balaban J connectivity index is 1.97. The SMILES string of the molecule is C=CC[C@@H](CC(=O)NC1(CO)CCCC1)C(=O)N[C@H](COC(=O)[C@H](CC=C)Cc1ccccc1)C(C)C. The van der Waals surface area contributed by atoms with Crippen LogP contribution in [0, 0.1) is 17.8 Å². The van der Waals surface area contributed by atoms with Crippen LogP contribution in [0.3, 0.4) is 0 Å². The molecule has 1 fully saturated rings. The number of aliphatic hydroxyl groups is 1. The van der Waals surface area contributed by atoms with Crippen molar-refractivity contribution in [3.05, 3.63) is 61.2 Å². The van der Waals surface area contributed by atoms with Crippen LogP contribution in [0.4, 0.5) is 0 Å². The van der Waals surface area contributed by atoms with Gasteiger partial charge >= 0.3 is 5.97 Å². The maximum absolute atomic E-state index is 13.2. The summed E-state index contributed by atoms with van der Waals surface area (Å²) in [4.78, 5) is 38.8. The van der Waals surface area contributed by atoms with E-state index in [9.17, 15) is 19.5 Å². The Morgan fingerprint density at radius 3 is 2.24 bits per heavy atom. The molecule has 0 spiro atoms. The van der Waals surface area contributed by atoms with Crippen LogP contribution in [0.1, 0.15) is 64.4 Å². The van der Waals surface area contributed by atoms with Crippen LogP contribution in [0.25, 0.3) is 0 Å². The second kappa shape index (κ2) is 15.4. The second-order valence-electron chi connectivity index (χ2n) is 10.5. The Labute approximate surface area is 221 Å². The minimum absolute atomic E-state index is 0.00267. The lowest BCUT2D eigenvalue weighted by Gasteiger charge is -2.29. The topological polar surface area (TPSA) is 105 Å². The Kier molecular flexibility index (Phi) is 12.6. The highest BCUT2D eigenvalue weighted by molar-refractivity contribution is 5.86. The molecule has 0 unspecified atom stereocenters. The number of hydrogen-bond acceptors (Lipinski definition) is 5. The Bertz CT molecular complexity index is 892. The van der Waals surface area contributed by atoms with E-state index in [4.69, 9.17) is 4.74 Å². The Morgan fingerprint density at radius 2 is 1.68 bits per heavy atom. The van der Waals surface area contributed by atoms with E-state index in [1.807, 2.05) is 44.2 Å². The molecule has 7 heteroatoms. The van der Waals surface area contributed by atoms with Crippen LogP contribution in [0.5, 0.6) is 0 Å². The van der Waals surface area contributed by atoms with Gasteiger partial charge in [-0.25, -0.2) is 0 Å². The normalized spacial score (nSPS) is 16.9. The summed E-state index contributed by atoms with van der Waals surface area (Å²) in [5.41, 5.74) is 0.467. The number of hydrogen-bond donors (Lipinski definition) is 3. The lowest BCUT2D eigenvalue weighted by molar-refractivity contribution is -0.150. The molecule has 37 heavy (non-hydrogen) atoms. The van der Waals surface area contributed by atoms with Crippen molar-refractivity contribution in [2.45, 2.75) is 76.8 Å². The van der Waals surface area contributed by atoms with Gasteiger partial charge in [0.25, 0.3) is 0 Å². The van der Waals surface area contributed by atoms with Gasteiger partial charge in [-0.1, -0.05) is 69.2 Å². The third kappa shape index (κ3) is 9.80. The van der Waals surface area contributed by atoms with Crippen molar-refractivity contribution in [3.8, 4) is 0 Å². The van der Waals surface area contributed by atoms with Gasteiger partial charge < -0.3 is 20.5 Å². The molecule has 0 radical (unpaired) electrons. The third-order valence-electron chi connectivity index (χ3n) is 7.17. The zero-order chi connectivity index (χ0) is 27.3. The smallest absolute Gasteiger partial charge is 0.309 e. The molecule has 1 saturated carbocycles. The number of ether oxygens (including phenoxy) is 1. The molecular weight excluding hydrogens is 468 g/mol. The second-order valence-corrected chi connectivity index (χ2v) is 10.5. The fourth-order valence-corrected chi connectivity index (χ4v) is 4.78. The van der Waals surface area contributed by atoms with E-state index in [0.29, 0.717) is 19.3 Å².